The van der Waals surface area contributed by atoms with Crippen LogP contribution in [0.2, 0.25) is 5.82 Å². The highest BCUT2D eigenvalue weighted by Gasteiger charge is 1.96. The van der Waals surface area contributed by atoms with Crippen LogP contribution in [-0.2, 0) is 0 Å². The minimum atomic E-state index is 0.739. The monoisotopic (exact) mass is 180 g/mol. The van der Waals surface area contributed by atoms with Gasteiger partial charge in [0.25, 0.3) is 0 Å². The van der Waals surface area contributed by atoms with E-state index in [0.717, 1.165) is 10.7 Å². The Balaban J connectivity index is 3.92. The van der Waals surface area contributed by atoms with Crippen LogP contribution in [0.5, 0.6) is 0 Å². The molecule has 0 bridgehead atoms. The molecule has 0 saturated heterocycles. The summed E-state index contributed by atoms with van der Waals surface area (Å²) < 4.78 is 0. The first kappa shape index (κ1) is 11.6. The van der Waals surface area contributed by atoms with Crippen molar-refractivity contribution < 1.29 is 0 Å². The Morgan fingerprint density at radius 1 is 1.33 bits per heavy atom. The molecular weight excluding hydrogens is 163 g/mol. The van der Waals surface area contributed by atoms with E-state index in [1.807, 2.05) is 19.1 Å². The lowest BCUT2D eigenvalue weighted by atomic mass is 9.60. The van der Waals surface area contributed by atoms with Crippen LogP contribution in [0, 0.1) is 0 Å². The molecule has 0 aliphatic heterocycles. The van der Waals surface area contributed by atoms with E-state index in [4.69, 9.17) is 12.2 Å². The van der Waals surface area contributed by atoms with Crippen LogP contribution in [0.25, 0.3) is 0 Å². The highest BCUT2D eigenvalue weighted by molar-refractivity contribution is 7.80. The largest absolute Gasteiger partial charge is 0.154 e. The van der Waals surface area contributed by atoms with Crippen LogP contribution in [0.3, 0.4) is 0 Å². The van der Waals surface area contributed by atoms with Crippen molar-refractivity contribution in [1.82, 2.24) is 0 Å². The van der Waals surface area contributed by atoms with Gasteiger partial charge in [-0.05, 0) is 13.0 Å². The molecule has 66 valence electrons. The van der Waals surface area contributed by atoms with Gasteiger partial charge >= 0.3 is 0 Å². The lowest BCUT2D eigenvalue weighted by molar-refractivity contribution is 1.06. The molecule has 0 heterocycles. The third-order valence-corrected chi connectivity index (χ3v) is 1.58. The Bertz CT molecular complexity index is 202. The van der Waals surface area contributed by atoms with E-state index >= 15 is 0 Å². The van der Waals surface area contributed by atoms with Gasteiger partial charge in [-0.15, -0.1) is 5.47 Å². The number of rotatable bonds is 4. The van der Waals surface area contributed by atoms with Crippen LogP contribution in [0.15, 0.2) is 23.7 Å². The molecule has 0 N–H and O–H groups in total. The molecule has 0 aliphatic carbocycles. The molecule has 2 heteroatoms. The van der Waals surface area contributed by atoms with E-state index in [-0.39, 0.29) is 0 Å². The van der Waals surface area contributed by atoms with E-state index < -0.39 is 0 Å². The number of hydrogen-bond donors (Lipinski definition) is 0. The van der Waals surface area contributed by atoms with Crippen LogP contribution >= 0.6 is 12.2 Å². The molecule has 0 nitrogen and oxygen atoms in total. The van der Waals surface area contributed by atoms with Crippen LogP contribution in [0.4, 0.5) is 0 Å². The predicted octanol–water partition coefficient (Wildman–Crippen LogP) is 3.10. The molecular formula is C10H17BS. The molecule has 0 rings (SSSR count). The van der Waals surface area contributed by atoms with Gasteiger partial charge in [0.2, 0.25) is 0 Å². The third kappa shape index (κ3) is 7.74. The Hall–Kier alpha value is -0.365. The SMILES string of the molecule is CC(=S)/C=C\C=C(/C)BC(C)C. The number of thiocarbonyl (C=S) groups is 1. The third-order valence-electron chi connectivity index (χ3n) is 1.44. The van der Waals surface area contributed by atoms with Gasteiger partial charge in [0.05, 0.1) is 0 Å². The summed E-state index contributed by atoms with van der Waals surface area (Å²) in [5.74, 6) is 0.739. The van der Waals surface area contributed by atoms with Gasteiger partial charge in [-0.25, -0.2) is 0 Å². The van der Waals surface area contributed by atoms with E-state index in [1.54, 1.807) is 0 Å². The van der Waals surface area contributed by atoms with Crippen molar-refractivity contribution in [2.45, 2.75) is 33.5 Å². The van der Waals surface area contributed by atoms with Crippen molar-refractivity contribution in [2.75, 3.05) is 0 Å². The normalized spacial score (nSPS) is 12.6. The summed E-state index contributed by atoms with van der Waals surface area (Å²) in [4.78, 5) is 0.934. The zero-order valence-corrected chi connectivity index (χ0v) is 9.24. The topological polar surface area (TPSA) is 0 Å². The molecule has 0 radical (unpaired) electrons. The number of hydrogen-bond acceptors (Lipinski definition) is 1. The molecule has 0 saturated carbocycles. The first-order valence-corrected chi connectivity index (χ1v) is 4.77. The molecule has 0 amide bonds. The Morgan fingerprint density at radius 3 is 2.33 bits per heavy atom. The second-order valence-corrected chi connectivity index (χ2v) is 4.22. The van der Waals surface area contributed by atoms with Crippen LogP contribution in [0.1, 0.15) is 27.7 Å². The fourth-order valence-electron chi connectivity index (χ4n) is 1.06. The fourth-order valence-corrected chi connectivity index (χ4v) is 1.14. The van der Waals surface area contributed by atoms with Crippen molar-refractivity contribution in [1.29, 1.82) is 0 Å². The summed E-state index contributed by atoms with van der Waals surface area (Å²) in [6.45, 7) is 8.54. The minimum absolute atomic E-state index is 0.739. The molecule has 0 spiro atoms. The van der Waals surface area contributed by atoms with Gasteiger partial charge in [0, 0.05) is 4.86 Å². The summed E-state index contributed by atoms with van der Waals surface area (Å²) in [6.07, 6.45) is 6.12. The molecule has 0 fully saturated rings. The average molecular weight is 180 g/mol. The van der Waals surface area contributed by atoms with Gasteiger partial charge < -0.3 is 0 Å². The van der Waals surface area contributed by atoms with E-state index in [0.29, 0.717) is 0 Å². The molecule has 0 aliphatic rings. The number of allylic oxidation sites excluding steroid dienone is 4. The van der Waals surface area contributed by atoms with Crippen molar-refractivity contribution in [3.63, 3.8) is 0 Å². The summed E-state index contributed by atoms with van der Waals surface area (Å²) in [5, 5.41) is 0. The predicted molar refractivity (Wildman–Crippen MR) is 63.4 cm³/mol. The van der Waals surface area contributed by atoms with E-state index in [2.05, 4.69) is 26.8 Å². The minimum Gasteiger partial charge on any atom is -0.108 e. The maximum absolute atomic E-state index is 4.92. The summed E-state index contributed by atoms with van der Waals surface area (Å²) in [5.41, 5.74) is 1.41. The van der Waals surface area contributed by atoms with Gasteiger partial charge in [-0.3, -0.25) is 0 Å². The lowest BCUT2D eigenvalue weighted by Crippen LogP contribution is -1.96. The highest BCUT2D eigenvalue weighted by atomic mass is 32.1. The molecule has 0 aromatic heterocycles. The average Bonchev–Trinajstić information content (AvgIpc) is 1.84. The standard InChI is InChI=1S/C10H17BS/c1-8(2)11-9(3)6-5-7-10(4)12/h5-8,11H,1-4H3/b7-5-,9-6+. The molecule has 0 aromatic rings. The van der Waals surface area contributed by atoms with Crippen LogP contribution in [-0.4, -0.2) is 12.1 Å². The Labute approximate surface area is 82.0 Å². The van der Waals surface area contributed by atoms with Gasteiger partial charge in [-0.2, -0.15) is 0 Å². The molecule has 12 heavy (non-hydrogen) atoms. The quantitative estimate of drug-likeness (QED) is 0.277. The van der Waals surface area contributed by atoms with Crippen molar-refractivity contribution in [3.05, 3.63) is 23.7 Å². The van der Waals surface area contributed by atoms with E-state index in [1.165, 1.54) is 12.8 Å². The smallest absolute Gasteiger partial charge is 0.108 e. The van der Waals surface area contributed by atoms with E-state index in [9.17, 15) is 0 Å². The maximum atomic E-state index is 4.92. The van der Waals surface area contributed by atoms with Gasteiger partial charge in [-0.1, -0.05) is 51.0 Å². The van der Waals surface area contributed by atoms with Gasteiger partial charge in [0.15, 0.2) is 7.28 Å². The zero-order chi connectivity index (χ0) is 9.56. The first-order chi connectivity index (χ1) is 5.52. The fraction of sp³-hybridized carbons (Fsp3) is 0.500. The zero-order valence-electron chi connectivity index (χ0n) is 8.42. The second-order valence-electron chi connectivity index (χ2n) is 3.58. The van der Waals surface area contributed by atoms with Crippen molar-refractivity contribution in [3.8, 4) is 0 Å². The molecule has 0 atom stereocenters. The van der Waals surface area contributed by atoms with Crippen LogP contribution < -0.4 is 0 Å². The molecule has 0 unspecified atom stereocenters. The van der Waals surface area contributed by atoms with Crippen molar-refractivity contribution in [2.24, 2.45) is 0 Å². The van der Waals surface area contributed by atoms with Gasteiger partial charge in [0.1, 0.15) is 0 Å². The Morgan fingerprint density at radius 2 is 1.92 bits per heavy atom. The molecule has 0 aromatic carbocycles. The highest BCUT2D eigenvalue weighted by Crippen LogP contribution is 2.04. The van der Waals surface area contributed by atoms with Crippen molar-refractivity contribution >= 4 is 24.4 Å². The first-order valence-electron chi connectivity index (χ1n) is 4.36. The summed E-state index contributed by atoms with van der Waals surface area (Å²) in [6, 6.07) is 0. The maximum Gasteiger partial charge on any atom is 0.154 e. The second kappa shape index (κ2) is 6.18. The Kier molecular flexibility index (Phi) is 6.00. The lowest BCUT2D eigenvalue weighted by Gasteiger charge is -1.99. The summed E-state index contributed by atoms with van der Waals surface area (Å²) >= 11 is 4.92. The summed E-state index contributed by atoms with van der Waals surface area (Å²) in [7, 11) is 1.17.